The van der Waals surface area contributed by atoms with Gasteiger partial charge in [-0.15, -0.1) is 11.6 Å². The fourth-order valence-corrected chi connectivity index (χ4v) is 2.68. The molecule has 0 amide bonds. The summed E-state index contributed by atoms with van der Waals surface area (Å²) in [5, 5.41) is 0.957. The molecule has 2 rings (SSSR count). The molecule has 1 aromatic carbocycles. The molecule has 108 valence electrons. The second-order valence-corrected chi connectivity index (χ2v) is 5.43. The summed E-state index contributed by atoms with van der Waals surface area (Å²) in [6.45, 7) is 0.625. The first-order valence-electron chi connectivity index (χ1n) is 6.21. The average molecular weight is 313 g/mol. The summed E-state index contributed by atoms with van der Waals surface area (Å²) in [4.78, 5) is 4.32. The smallest absolute Gasteiger partial charge is 0.168 e. The third kappa shape index (κ3) is 3.84. The van der Waals surface area contributed by atoms with Crippen LogP contribution in [-0.2, 0) is 12.9 Å². The van der Waals surface area contributed by atoms with Crippen LogP contribution in [0.3, 0.4) is 0 Å². The summed E-state index contributed by atoms with van der Waals surface area (Å²) in [5.74, 6) is 2.98. The molecule has 0 aliphatic rings. The molecule has 0 N–H and O–H groups in total. The van der Waals surface area contributed by atoms with Gasteiger partial charge in [-0.1, -0.05) is 11.8 Å². The number of thioether (sulfide) groups is 1. The molecule has 0 saturated carbocycles. The molecule has 20 heavy (non-hydrogen) atoms. The molecule has 2 aromatic rings. The summed E-state index contributed by atoms with van der Waals surface area (Å²) in [6.07, 6.45) is 1.81. The largest absolute Gasteiger partial charge is 0.497 e. The second-order valence-electron chi connectivity index (χ2n) is 4.10. The van der Waals surface area contributed by atoms with Crippen LogP contribution in [-0.4, -0.2) is 29.0 Å². The molecule has 0 bridgehead atoms. The Labute approximate surface area is 128 Å². The van der Waals surface area contributed by atoms with Gasteiger partial charge in [-0.2, -0.15) is 0 Å². The van der Waals surface area contributed by atoms with Gasteiger partial charge in [0.25, 0.3) is 0 Å². The summed E-state index contributed by atoms with van der Waals surface area (Å²) < 4.78 is 12.8. The predicted octanol–water partition coefficient (Wildman–Crippen LogP) is 3.34. The van der Waals surface area contributed by atoms with Crippen LogP contribution in [0.15, 0.2) is 35.6 Å². The van der Waals surface area contributed by atoms with Gasteiger partial charge in [0.15, 0.2) is 5.16 Å². The Hall–Kier alpha value is -1.33. The highest BCUT2D eigenvalue weighted by atomic mass is 35.5. The Balaban J connectivity index is 1.76. The maximum atomic E-state index is 5.81. The number of hydrogen-bond donors (Lipinski definition) is 0. The van der Waals surface area contributed by atoms with E-state index in [1.807, 2.05) is 35.9 Å². The molecule has 0 aliphatic carbocycles. The molecule has 0 atom stereocenters. The van der Waals surface area contributed by atoms with E-state index in [0.29, 0.717) is 12.5 Å². The van der Waals surface area contributed by atoms with Crippen LogP contribution in [0.5, 0.6) is 11.5 Å². The Morgan fingerprint density at radius 2 is 1.95 bits per heavy atom. The predicted molar refractivity (Wildman–Crippen MR) is 82.0 cm³/mol. The van der Waals surface area contributed by atoms with E-state index in [2.05, 4.69) is 4.98 Å². The minimum absolute atomic E-state index is 0.479. The first-order chi connectivity index (χ1) is 9.74. The van der Waals surface area contributed by atoms with E-state index in [1.54, 1.807) is 25.1 Å². The molecule has 0 saturated heterocycles. The third-order valence-electron chi connectivity index (χ3n) is 2.82. The van der Waals surface area contributed by atoms with Crippen LogP contribution in [0.2, 0.25) is 0 Å². The molecule has 1 heterocycles. The molecular weight excluding hydrogens is 296 g/mol. The number of rotatable bonds is 7. The van der Waals surface area contributed by atoms with E-state index in [9.17, 15) is 0 Å². The number of hydrogen-bond acceptors (Lipinski definition) is 4. The van der Waals surface area contributed by atoms with Crippen molar-refractivity contribution in [1.82, 2.24) is 9.55 Å². The molecule has 1 aromatic heterocycles. The summed E-state index contributed by atoms with van der Waals surface area (Å²) in [5.41, 5.74) is 1.02. The topological polar surface area (TPSA) is 36.3 Å². The molecular formula is C14H17ClN2O2S. The lowest BCUT2D eigenvalue weighted by atomic mass is 10.3. The molecule has 4 nitrogen and oxygen atoms in total. The number of halogens is 1. The van der Waals surface area contributed by atoms with Gasteiger partial charge in [-0.3, -0.25) is 0 Å². The first-order valence-corrected chi connectivity index (χ1v) is 7.73. The van der Waals surface area contributed by atoms with Gasteiger partial charge in [0.2, 0.25) is 0 Å². The Morgan fingerprint density at radius 3 is 2.55 bits per heavy atom. The molecule has 0 fully saturated rings. The van der Waals surface area contributed by atoms with E-state index in [0.717, 1.165) is 28.1 Å². The van der Waals surface area contributed by atoms with Crippen LogP contribution in [0.4, 0.5) is 0 Å². The zero-order valence-electron chi connectivity index (χ0n) is 11.5. The van der Waals surface area contributed by atoms with E-state index < -0.39 is 0 Å². The number of aromatic nitrogens is 2. The van der Waals surface area contributed by atoms with Crippen LogP contribution >= 0.6 is 23.4 Å². The van der Waals surface area contributed by atoms with Crippen molar-refractivity contribution in [3.63, 3.8) is 0 Å². The molecule has 6 heteroatoms. The lowest BCUT2D eigenvalue weighted by Gasteiger charge is -2.07. The minimum Gasteiger partial charge on any atom is -0.497 e. The minimum atomic E-state index is 0.479. The lowest BCUT2D eigenvalue weighted by molar-refractivity contribution is 0.342. The Morgan fingerprint density at radius 1 is 1.25 bits per heavy atom. The van der Waals surface area contributed by atoms with Gasteiger partial charge in [0.1, 0.15) is 11.5 Å². The molecule has 0 spiro atoms. The fourth-order valence-electron chi connectivity index (χ4n) is 1.65. The maximum absolute atomic E-state index is 5.81. The SMILES string of the molecule is COc1ccc(OCCSc2ncc(CCl)n2C)cc1. The van der Waals surface area contributed by atoms with Crippen LogP contribution in [0.1, 0.15) is 5.69 Å². The van der Waals surface area contributed by atoms with Gasteiger partial charge in [0, 0.05) is 12.8 Å². The van der Waals surface area contributed by atoms with Gasteiger partial charge in [-0.25, -0.2) is 4.98 Å². The number of nitrogens with zero attached hydrogens (tertiary/aromatic N) is 2. The summed E-state index contributed by atoms with van der Waals surface area (Å²) in [7, 11) is 3.62. The van der Waals surface area contributed by atoms with Crippen LogP contribution in [0.25, 0.3) is 0 Å². The van der Waals surface area contributed by atoms with E-state index in [1.165, 1.54) is 0 Å². The van der Waals surface area contributed by atoms with E-state index in [4.69, 9.17) is 21.1 Å². The quantitative estimate of drug-likeness (QED) is 0.446. The van der Waals surface area contributed by atoms with Crippen molar-refractivity contribution in [1.29, 1.82) is 0 Å². The van der Waals surface area contributed by atoms with Crippen molar-refractivity contribution >= 4 is 23.4 Å². The highest BCUT2D eigenvalue weighted by Crippen LogP contribution is 2.20. The zero-order chi connectivity index (χ0) is 14.4. The van der Waals surface area contributed by atoms with Crippen molar-refractivity contribution in [3.8, 4) is 11.5 Å². The molecule has 0 aliphatic heterocycles. The van der Waals surface area contributed by atoms with Crippen LogP contribution in [0, 0.1) is 0 Å². The van der Waals surface area contributed by atoms with E-state index in [-0.39, 0.29) is 0 Å². The number of imidazole rings is 1. The van der Waals surface area contributed by atoms with Crippen molar-refractivity contribution in [3.05, 3.63) is 36.2 Å². The molecule has 0 unspecified atom stereocenters. The monoisotopic (exact) mass is 312 g/mol. The van der Waals surface area contributed by atoms with Crippen molar-refractivity contribution in [2.24, 2.45) is 7.05 Å². The lowest BCUT2D eigenvalue weighted by Crippen LogP contribution is -2.02. The number of benzene rings is 1. The maximum Gasteiger partial charge on any atom is 0.168 e. The van der Waals surface area contributed by atoms with Gasteiger partial charge >= 0.3 is 0 Å². The Bertz CT molecular complexity index is 543. The molecule has 0 radical (unpaired) electrons. The summed E-state index contributed by atoms with van der Waals surface area (Å²) in [6, 6.07) is 7.56. The van der Waals surface area contributed by atoms with Crippen molar-refractivity contribution in [2.45, 2.75) is 11.0 Å². The number of methoxy groups -OCH3 is 1. The number of alkyl halides is 1. The summed E-state index contributed by atoms with van der Waals surface area (Å²) >= 11 is 7.46. The first kappa shape index (κ1) is 15.1. The highest BCUT2D eigenvalue weighted by molar-refractivity contribution is 7.99. The van der Waals surface area contributed by atoms with Gasteiger partial charge in [0.05, 0.1) is 31.5 Å². The number of ether oxygens (including phenoxy) is 2. The Kier molecular flexibility index (Phi) is 5.61. The van der Waals surface area contributed by atoms with Crippen LogP contribution < -0.4 is 9.47 Å². The van der Waals surface area contributed by atoms with E-state index >= 15 is 0 Å². The van der Waals surface area contributed by atoms with Gasteiger partial charge in [-0.05, 0) is 24.3 Å². The average Bonchev–Trinajstić information content (AvgIpc) is 2.84. The standard InChI is InChI=1S/C14H17ClN2O2S/c1-17-11(9-15)10-16-14(17)20-8-7-19-13-5-3-12(18-2)4-6-13/h3-6,10H,7-9H2,1-2H3. The zero-order valence-corrected chi connectivity index (χ0v) is 13.1. The third-order valence-corrected chi connectivity index (χ3v) is 4.10. The normalized spacial score (nSPS) is 10.6. The second kappa shape index (κ2) is 7.45. The van der Waals surface area contributed by atoms with Gasteiger partial charge < -0.3 is 14.0 Å². The fraction of sp³-hybridized carbons (Fsp3) is 0.357. The van der Waals surface area contributed by atoms with Crippen molar-refractivity contribution in [2.75, 3.05) is 19.5 Å². The highest BCUT2D eigenvalue weighted by Gasteiger charge is 2.05. The van der Waals surface area contributed by atoms with Crippen molar-refractivity contribution < 1.29 is 9.47 Å².